The van der Waals surface area contributed by atoms with Gasteiger partial charge in [0.25, 0.3) is 0 Å². The summed E-state index contributed by atoms with van der Waals surface area (Å²) in [5, 5.41) is 3.30. The van der Waals surface area contributed by atoms with E-state index in [-0.39, 0.29) is 23.7 Å². The summed E-state index contributed by atoms with van der Waals surface area (Å²) in [4.78, 5) is 14.7. The van der Waals surface area contributed by atoms with Gasteiger partial charge >= 0.3 is 0 Å². The van der Waals surface area contributed by atoms with Crippen LogP contribution in [0.5, 0.6) is 0 Å². The third-order valence-corrected chi connectivity index (χ3v) is 3.94. The van der Waals surface area contributed by atoms with Crippen LogP contribution in [0.25, 0.3) is 0 Å². The summed E-state index contributed by atoms with van der Waals surface area (Å²) in [6.45, 7) is 6.54. The lowest BCUT2D eigenvalue weighted by Gasteiger charge is -2.31. The number of halogens is 1. The largest absolute Gasteiger partial charge is 0.338 e. The number of carbonyl (C=O) groups excluding carboxylic acids is 1. The van der Waals surface area contributed by atoms with Gasteiger partial charge in [0, 0.05) is 19.1 Å². The molecule has 4 heteroatoms. The van der Waals surface area contributed by atoms with E-state index in [2.05, 4.69) is 12.2 Å². The molecule has 1 N–H and O–H groups in total. The Labute approximate surface area is 120 Å². The molecule has 0 aliphatic carbocycles. The predicted octanol–water partition coefficient (Wildman–Crippen LogP) is 2.53. The van der Waals surface area contributed by atoms with E-state index in [9.17, 15) is 9.18 Å². The van der Waals surface area contributed by atoms with Crippen LogP contribution in [-0.4, -0.2) is 36.5 Å². The topological polar surface area (TPSA) is 32.3 Å². The first kappa shape index (κ1) is 15.0. The van der Waals surface area contributed by atoms with Crippen LogP contribution < -0.4 is 5.32 Å². The van der Waals surface area contributed by atoms with Gasteiger partial charge in [-0.3, -0.25) is 4.79 Å². The Hall–Kier alpha value is -1.42. The van der Waals surface area contributed by atoms with Crippen LogP contribution >= 0.6 is 0 Å². The van der Waals surface area contributed by atoms with E-state index in [0.29, 0.717) is 0 Å². The van der Waals surface area contributed by atoms with Crippen LogP contribution in [0.3, 0.4) is 0 Å². The van der Waals surface area contributed by atoms with Gasteiger partial charge in [-0.25, -0.2) is 4.39 Å². The Bertz CT molecular complexity index is 458. The number of hydrogen-bond acceptors (Lipinski definition) is 2. The molecule has 110 valence electrons. The van der Waals surface area contributed by atoms with Crippen LogP contribution in [0, 0.1) is 5.82 Å². The fourth-order valence-corrected chi connectivity index (χ4v) is 2.79. The smallest absolute Gasteiger partial charge is 0.230 e. The number of hydrogen-bond donors (Lipinski definition) is 1. The van der Waals surface area contributed by atoms with Crippen LogP contribution in [0.2, 0.25) is 0 Å². The highest BCUT2D eigenvalue weighted by atomic mass is 19.1. The Kier molecular flexibility index (Phi) is 5.12. The lowest BCUT2D eigenvalue weighted by Crippen LogP contribution is -2.44. The van der Waals surface area contributed by atoms with E-state index < -0.39 is 0 Å². The molecular formula is C16H23FN2O. The summed E-state index contributed by atoms with van der Waals surface area (Å²) < 4.78 is 13.3. The van der Waals surface area contributed by atoms with E-state index in [1.165, 1.54) is 12.1 Å². The minimum atomic E-state index is -0.294. The van der Waals surface area contributed by atoms with Crippen molar-refractivity contribution in [1.82, 2.24) is 10.2 Å². The standard InChI is InChI=1S/C16H23FN2O/c1-3-9-19(15-7-8-18-11-15)16(20)12(2)13-5-4-6-14(17)10-13/h4-6,10,12,15,18H,3,7-9,11H2,1-2H3. The number of rotatable bonds is 5. The first-order valence-electron chi connectivity index (χ1n) is 7.40. The van der Waals surface area contributed by atoms with Gasteiger partial charge < -0.3 is 10.2 Å². The van der Waals surface area contributed by atoms with Crippen molar-refractivity contribution in [2.45, 2.75) is 38.6 Å². The highest BCUT2D eigenvalue weighted by Gasteiger charge is 2.29. The van der Waals surface area contributed by atoms with Gasteiger partial charge in [-0.1, -0.05) is 19.1 Å². The molecular weight excluding hydrogens is 255 g/mol. The molecule has 1 saturated heterocycles. The van der Waals surface area contributed by atoms with Crippen LogP contribution in [0.15, 0.2) is 24.3 Å². The summed E-state index contributed by atoms with van der Waals surface area (Å²) in [5.41, 5.74) is 0.752. The van der Waals surface area contributed by atoms with Crippen LogP contribution in [-0.2, 0) is 4.79 Å². The van der Waals surface area contributed by atoms with Crippen molar-refractivity contribution in [3.63, 3.8) is 0 Å². The lowest BCUT2D eigenvalue weighted by atomic mass is 9.98. The van der Waals surface area contributed by atoms with Gasteiger partial charge in [0.15, 0.2) is 0 Å². The number of amides is 1. The maximum atomic E-state index is 13.3. The molecule has 3 nitrogen and oxygen atoms in total. The zero-order valence-electron chi connectivity index (χ0n) is 12.2. The Morgan fingerprint density at radius 3 is 2.95 bits per heavy atom. The molecule has 0 radical (unpaired) electrons. The summed E-state index contributed by atoms with van der Waals surface area (Å²) in [6, 6.07) is 6.63. The van der Waals surface area contributed by atoms with Crippen molar-refractivity contribution >= 4 is 5.91 Å². The Morgan fingerprint density at radius 1 is 1.55 bits per heavy atom. The molecule has 1 aliphatic heterocycles. The highest BCUT2D eigenvalue weighted by Crippen LogP contribution is 2.22. The molecule has 0 saturated carbocycles. The molecule has 0 bridgehead atoms. The van der Waals surface area contributed by atoms with Crippen LogP contribution in [0.1, 0.15) is 38.2 Å². The molecule has 0 aromatic heterocycles. The third kappa shape index (κ3) is 3.37. The lowest BCUT2D eigenvalue weighted by molar-refractivity contribution is -0.134. The summed E-state index contributed by atoms with van der Waals surface area (Å²) in [5.74, 6) is -0.476. The van der Waals surface area contributed by atoms with Crippen molar-refractivity contribution in [2.75, 3.05) is 19.6 Å². The van der Waals surface area contributed by atoms with Crippen molar-refractivity contribution in [3.05, 3.63) is 35.6 Å². The molecule has 0 spiro atoms. The molecule has 2 atom stereocenters. The summed E-state index contributed by atoms with van der Waals surface area (Å²) >= 11 is 0. The van der Waals surface area contributed by atoms with Gasteiger partial charge in [0.2, 0.25) is 5.91 Å². The van der Waals surface area contributed by atoms with Crippen LogP contribution in [0.4, 0.5) is 4.39 Å². The predicted molar refractivity (Wildman–Crippen MR) is 78.1 cm³/mol. The second kappa shape index (κ2) is 6.84. The van der Waals surface area contributed by atoms with Gasteiger partial charge in [-0.05, 0) is 44.0 Å². The number of benzene rings is 1. The molecule has 1 aromatic carbocycles. The van der Waals surface area contributed by atoms with Crippen molar-refractivity contribution in [1.29, 1.82) is 0 Å². The normalized spacial score (nSPS) is 19.9. The van der Waals surface area contributed by atoms with Gasteiger partial charge in [-0.2, -0.15) is 0 Å². The fourth-order valence-electron chi connectivity index (χ4n) is 2.79. The Morgan fingerprint density at radius 2 is 2.35 bits per heavy atom. The SMILES string of the molecule is CCCN(C(=O)C(C)c1cccc(F)c1)C1CCNC1. The van der Waals surface area contributed by atoms with E-state index in [1.807, 2.05) is 17.9 Å². The quantitative estimate of drug-likeness (QED) is 0.897. The second-order valence-corrected chi connectivity index (χ2v) is 5.45. The zero-order chi connectivity index (χ0) is 14.5. The van der Waals surface area contributed by atoms with Gasteiger partial charge in [0.05, 0.1) is 5.92 Å². The molecule has 2 unspecified atom stereocenters. The average Bonchev–Trinajstić information content (AvgIpc) is 2.97. The molecule has 2 rings (SSSR count). The molecule has 1 aliphatic rings. The summed E-state index contributed by atoms with van der Waals surface area (Å²) in [6.07, 6.45) is 1.94. The second-order valence-electron chi connectivity index (χ2n) is 5.45. The maximum absolute atomic E-state index is 13.3. The van der Waals surface area contributed by atoms with E-state index >= 15 is 0 Å². The fraction of sp³-hybridized carbons (Fsp3) is 0.562. The van der Waals surface area contributed by atoms with Gasteiger partial charge in [0.1, 0.15) is 5.82 Å². The number of nitrogens with zero attached hydrogens (tertiary/aromatic N) is 1. The maximum Gasteiger partial charge on any atom is 0.230 e. The zero-order valence-corrected chi connectivity index (χ0v) is 12.2. The van der Waals surface area contributed by atoms with Gasteiger partial charge in [-0.15, -0.1) is 0 Å². The number of carbonyl (C=O) groups is 1. The number of nitrogens with one attached hydrogen (secondary N) is 1. The third-order valence-electron chi connectivity index (χ3n) is 3.94. The minimum absolute atomic E-state index is 0.103. The molecule has 1 aromatic rings. The van der Waals surface area contributed by atoms with Crippen molar-refractivity contribution in [3.8, 4) is 0 Å². The van der Waals surface area contributed by atoms with Crippen molar-refractivity contribution < 1.29 is 9.18 Å². The summed E-state index contributed by atoms with van der Waals surface area (Å²) in [7, 11) is 0. The molecule has 1 amide bonds. The highest BCUT2D eigenvalue weighted by molar-refractivity contribution is 5.83. The first-order valence-corrected chi connectivity index (χ1v) is 7.40. The Balaban J connectivity index is 2.13. The first-order chi connectivity index (χ1) is 9.63. The monoisotopic (exact) mass is 278 g/mol. The van der Waals surface area contributed by atoms with E-state index in [1.54, 1.807) is 6.07 Å². The van der Waals surface area contributed by atoms with Crippen molar-refractivity contribution in [2.24, 2.45) is 0 Å². The molecule has 20 heavy (non-hydrogen) atoms. The molecule has 1 fully saturated rings. The average molecular weight is 278 g/mol. The molecule has 1 heterocycles. The minimum Gasteiger partial charge on any atom is -0.338 e. The van der Waals surface area contributed by atoms with E-state index in [0.717, 1.165) is 38.0 Å². The van der Waals surface area contributed by atoms with E-state index in [4.69, 9.17) is 0 Å².